The van der Waals surface area contributed by atoms with Gasteiger partial charge in [-0.1, -0.05) is 0 Å². The van der Waals surface area contributed by atoms with Gasteiger partial charge in [0.05, 0.1) is 16.5 Å². The molecule has 1 aromatic rings. The summed E-state index contributed by atoms with van der Waals surface area (Å²) in [6, 6.07) is 0. The first-order chi connectivity index (χ1) is 6.47. The highest BCUT2D eigenvalue weighted by molar-refractivity contribution is 7.90. The van der Waals surface area contributed by atoms with Crippen molar-refractivity contribution in [2.75, 3.05) is 18.6 Å². The van der Waals surface area contributed by atoms with Crippen molar-refractivity contribution in [1.29, 1.82) is 0 Å². The molecule has 0 aliphatic rings. The second kappa shape index (κ2) is 4.86. The average molecular weight is 234 g/mol. The number of nitrogens with zero attached hydrogens (tertiary/aromatic N) is 1. The molecule has 0 atom stereocenters. The lowest BCUT2D eigenvalue weighted by molar-refractivity contribution is 0.596. The molecule has 1 aromatic heterocycles. The zero-order chi connectivity index (χ0) is 10.6. The normalized spacial score (nSPS) is 11.9. The number of rotatable bonds is 5. The standard InChI is InChI=1S/C8H14N2O2S2/c1-7-10-8(6-13-7)5-9-3-4-14(2,11)12/h6,9H,3-5H2,1-2H3. The minimum absolute atomic E-state index is 0.177. The molecule has 80 valence electrons. The number of sulfone groups is 1. The highest BCUT2D eigenvalue weighted by atomic mass is 32.2. The molecule has 4 nitrogen and oxygen atoms in total. The summed E-state index contributed by atoms with van der Waals surface area (Å²) < 4.78 is 21.6. The van der Waals surface area contributed by atoms with Gasteiger partial charge >= 0.3 is 0 Å². The molecule has 0 unspecified atom stereocenters. The van der Waals surface area contributed by atoms with Crippen molar-refractivity contribution in [1.82, 2.24) is 10.3 Å². The highest BCUT2D eigenvalue weighted by Gasteiger charge is 2.01. The minimum atomic E-state index is -2.85. The Balaban J connectivity index is 2.23. The molecule has 14 heavy (non-hydrogen) atoms. The molecule has 0 saturated carbocycles. The largest absolute Gasteiger partial charge is 0.310 e. The van der Waals surface area contributed by atoms with Crippen LogP contribution in [0.3, 0.4) is 0 Å². The Morgan fingerprint density at radius 1 is 1.57 bits per heavy atom. The van der Waals surface area contributed by atoms with E-state index < -0.39 is 9.84 Å². The van der Waals surface area contributed by atoms with Crippen molar-refractivity contribution in [3.8, 4) is 0 Å². The van der Waals surface area contributed by atoms with Gasteiger partial charge in [-0.15, -0.1) is 11.3 Å². The third kappa shape index (κ3) is 4.69. The summed E-state index contributed by atoms with van der Waals surface area (Å²) in [4.78, 5) is 4.25. The molecule has 0 aromatic carbocycles. The maximum Gasteiger partial charge on any atom is 0.148 e. The predicted molar refractivity (Wildman–Crippen MR) is 58.3 cm³/mol. The summed E-state index contributed by atoms with van der Waals surface area (Å²) >= 11 is 1.60. The van der Waals surface area contributed by atoms with Crippen molar-refractivity contribution in [3.63, 3.8) is 0 Å². The quantitative estimate of drug-likeness (QED) is 0.757. The van der Waals surface area contributed by atoms with Crippen molar-refractivity contribution >= 4 is 21.2 Å². The van der Waals surface area contributed by atoms with Crippen molar-refractivity contribution in [3.05, 3.63) is 16.1 Å². The highest BCUT2D eigenvalue weighted by Crippen LogP contribution is 2.06. The minimum Gasteiger partial charge on any atom is -0.310 e. The third-order valence-electron chi connectivity index (χ3n) is 1.62. The van der Waals surface area contributed by atoms with E-state index in [4.69, 9.17) is 0 Å². The van der Waals surface area contributed by atoms with E-state index in [0.717, 1.165) is 10.7 Å². The average Bonchev–Trinajstić information content (AvgIpc) is 2.44. The molecule has 1 rings (SSSR count). The second-order valence-corrected chi connectivity index (χ2v) is 6.49. The van der Waals surface area contributed by atoms with E-state index in [-0.39, 0.29) is 5.75 Å². The fraction of sp³-hybridized carbons (Fsp3) is 0.625. The summed E-state index contributed by atoms with van der Waals surface area (Å²) in [5, 5.41) is 6.04. The number of hydrogen-bond acceptors (Lipinski definition) is 5. The van der Waals surface area contributed by atoms with Crippen LogP contribution in [0, 0.1) is 6.92 Å². The summed E-state index contributed by atoms with van der Waals surface area (Å²) in [7, 11) is -2.85. The van der Waals surface area contributed by atoms with Gasteiger partial charge in [-0.05, 0) is 6.92 Å². The van der Waals surface area contributed by atoms with Crippen molar-refractivity contribution in [2.45, 2.75) is 13.5 Å². The summed E-state index contributed by atoms with van der Waals surface area (Å²) in [5.41, 5.74) is 0.973. The van der Waals surface area contributed by atoms with Crippen molar-refractivity contribution < 1.29 is 8.42 Å². The van der Waals surface area contributed by atoms with Crippen LogP contribution in [0.1, 0.15) is 10.7 Å². The van der Waals surface area contributed by atoms with Gasteiger partial charge in [0.25, 0.3) is 0 Å². The fourth-order valence-corrected chi connectivity index (χ4v) is 2.09. The molecule has 0 saturated heterocycles. The number of aromatic nitrogens is 1. The van der Waals surface area contributed by atoms with E-state index in [2.05, 4.69) is 10.3 Å². The lowest BCUT2D eigenvalue weighted by Crippen LogP contribution is -2.22. The zero-order valence-electron chi connectivity index (χ0n) is 8.28. The molecule has 1 heterocycles. The Bertz CT molecular complexity index is 384. The monoisotopic (exact) mass is 234 g/mol. The Labute approximate surface area is 88.3 Å². The SMILES string of the molecule is Cc1nc(CNCCS(C)(=O)=O)cs1. The molecule has 0 bridgehead atoms. The van der Waals surface area contributed by atoms with Crippen LogP contribution in [0.2, 0.25) is 0 Å². The first-order valence-corrected chi connectivity index (χ1v) is 7.21. The van der Waals surface area contributed by atoms with Gasteiger partial charge in [-0.25, -0.2) is 13.4 Å². The van der Waals surface area contributed by atoms with Crippen LogP contribution < -0.4 is 5.32 Å². The van der Waals surface area contributed by atoms with E-state index in [9.17, 15) is 8.42 Å². The van der Waals surface area contributed by atoms with Crippen LogP contribution in [0.4, 0.5) is 0 Å². The lowest BCUT2D eigenvalue weighted by Gasteiger charge is -2.00. The fourth-order valence-electron chi connectivity index (χ4n) is 0.963. The molecular formula is C8H14N2O2S2. The van der Waals surface area contributed by atoms with E-state index in [0.29, 0.717) is 13.1 Å². The Morgan fingerprint density at radius 3 is 2.79 bits per heavy atom. The summed E-state index contributed by atoms with van der Waals surface area (Å²) in [5.74, 6) is 0.177. The van der Waals surface area contributed by atoms with E-state index in [1.54, 1.807) is 11.3 Å². The topological polar surface area (TPSA) is 59.1 Å². The zero-order valence-corrected chi connectivity index (χ0v) is 9.91. The van der Waals surface area contributed by atoms with E-state index >= 15 is 0 Å². The number of thiazole rings is 1. The lowest BCUT2D eigenvalue weighted by atomic mass is 10.5. The van der Waals surface area contributed by atoms with Gasteiger partial charge in [-0.2, -0.15) is 0 Å². The summed E-state index contributed by atoms with van der Waals surface area (Å²) in [6.45, 7) is 3.07. The molecule has 6 heteroatoms. The number of aryl methyl sites for hydroxylation is 1. The van der Waals surface area contributed by atoms with Crippen LogP contribution in [-0.4, -0.2) is 32.0 Å². The van der Waals surface area contributed by atoms with E-state index in [1.807, 2.05) is 12.3 Å². The third-order valence-corrected chi connectivity index (χ3v) is 3.39. The summed E-state index contributed by atoms with van der Waals surface area (Å²) in [6.07, 6.45) is 1.24. The molecule has 0 aliphatic carbocycles. The molecule has 0 fully saturated rings. The number of nitrogens with one attached hydrogen (secondary N) is 1. The van der Waals surface area contributed by atoms with E-state index in [1.165, 1.54) is 6.26 Å². The Hall–Kier alpha value is -0.460. The van der Waals surface area contributed by atoms with Crippen LogP contribution in [0.5, 0.6) is 0 Å². The molecule has 0 radical (unpaired) electrons. The predicted octanol–water partition coefficient (Wildman–Crippen LogP) is 0.586. The van der Waals surface area contributed by atoms with Gasteiger partial charge in [0.1, 0.15) is 9.84 Å². The van der Waals surface area contributed by atoms with Crippen LogP contribution in [0.15, 0.2) is 5.38 Å². The van der Waals surface area contributed by atoms with Gasteiger partial charge in [0, 0.05) is 24.7 Å². The van der Waals surface area contributed by atoms with Gasteiger partial charge in [0.15, 0.2) is 0 Å². The number of hydrogen-bond donors (Lipinski definition) is 1. The molecular weight excluding hydrogens is 220 g/mol. The maximum atomic E-state index is 10.8. The second-order valence-electron chi connectivity index (χ2n) is 3.16. The van der Waals surface area contributed by atoms with Gasteiger partial charge in [0.2, 0.25) is 0 Å². The Kier molecular flexibility index (Phi) is 4.03. The van der Waals surface area contributed by atoms with Crippen molar-refractivity contribution in [2.24, 2.45) is 0 Å². The van der Waals surface area contributed by atoms with Gasteiger partial charge in [-0.3, -0.25) is 0 Å². The van der Waals surface area contributed by atoms with Crippen LogP contribution >= 0.6 is 11.3 Å². The molecule has 1 N–H and O–H groups in total. The van der Waals surface area contributed by atoms with Gasteiger partial charge < -0.3 is 5.32 Å². The molecule has 0 amide bonds. The smallest absolute Gasteiger partial charge is 0.148 e. The van der Waals surface area contributed by atoms with Crippen LogP contribution in [-0.2, 0) is 16.4 Å². The molecule has 0 spiro atoms. The maximum absolute atomic E-state index is 10.8. The first-order valence-electron chi connectivity index (χ1n) is 4.27. The first kappa shape index (κ1) is 11.6. The van der Waals surface area contributed by atoms with Crippen LogP contribution in [0.25, 0.3) is 0 Å². The Morgan fingerprint density at radius 2 is 2.29 bits per heavy atom. The molecule has 0 aliphatic heterocycles.